The summed E-state index contributed by atoms with van der Waals surface area (Å²) in [6.07, 6.45) is 6.80. The van der Waals surface area contributed by atoms with E-state index >= 15 is 0 Å². The summed E-state index contributed by atoms with van der Waals surface area (Å²) in [6.45, 7) is 8.86. The molecule has 2 rings (SSSR count). The van der Waals surface area contributed by atoms with Gasteiger partial charge in [0.1, 0.15) is 0 Å². The van der Waals surface area contributed by atoms with Gasteiger partial charge in [0.15, 0.2) is 0 Å². The Kier molecular flexibility index (Phi) is 5.08. The molecule has 1 amide bonds. The van der Waals surface area contributed by atoms with Gasteiger partial charge < -0.3 is 16.0 Å². The summed E-state index contributed by atoms with van der Waals surface area (Å²) in [6, 6.07) is 0.832. The summed E-state index contributed by atoms with van der Waals surface area (Å²) in [7, 11) is 0. The van der Waals surface area contributed by atoms with Gasteiger partial charge in [-0.15, -0.1) is 0 Å². The average Bonchev–Trinajstić information content (AvgIpc) is 2.83. The third-order valence-electron chi connectivity index (χ3n) is 5.27. The van der Waals surface area contributed by atoms with Crippen molar-refractivity contribution in [3.05, 3.63) is 0 Å². The number of amides is 1. The number of hydrogen-bond acceptors (Lipinski definition) is 3. The molecule has 4 heteroatoms. The zero-order valence-corrected chi connectivity index (χ0v) is 13.3. The summed E-state index contributed by atoms with van der Waals surface area (Å²) < 4.78 is 0. The molecule has 1 aliphatic heterocycles. The molecule has 3 N–H and O–H groups in total. The normalized spacial score (nSPS) is 32.9. The van der Waals surface area contributed by atoms with Crippen molar-refractivity contribution in [2.24, 2.45) is 11.7 Å². The maximum Gasteiger partial charge on any atom is 0.237 e. The van der Waals surface area contributed by atoms with Crippen molar-refractivity contribution in [2.75, 3.05) is 13.1 Å². The summed E-state index contributed by atoms with van der Waals surface area (Å²) in [5, 5.41) is 3.44. The number of nitrogens with one attached hydrogen (secondary N) is 1. The molecule has 1 aliphatic carbocycles. The van der Waals surface area contributed by atoms with Gasteiger partial charge in [-0.2, -0.15) is 0 Å². The molecule has 2 atom stereocenters. The van der Waals surface area contributed by atoms with Crippen molar-refractivity contribution in [3.8, 4) is 0 Å². The van der Waals surface area contributed by atoms with Crippen LogP contribution >= 0.6 is 0 Å². The number of rotatable bonds is 5. The van der Waals surface area contributed by atoms with Crippen LogP contribution in [0.3, 0.4) is 0 Å². The number of primary amides is 1. The van der Waals surface area contributed by atoms with Crippen molar-refractivity contribution >= 4 is 5.91 Å². The number of nitrogens with zero attached hydrogens (tertiary/aromatic N) is 1. The fraction of sp³-hybridized carbons (Fsp3) is 0.938. The quantitative estimate of drug-likeness (QED) is 0.809. The number of hydrogen-bond donors (Lipinski definition) is 2. The number of nitrogens with two attached hydrogens (primary N) is 1. The standard InChI is InChI=1S/C16H31N3O/c1-4-13-6-9-19(10-7-13)14-5-8-16(11-14,15(17)20)18-12(2)3/h12-14,18H,4-11H2,1-3H3,(H2,17,20). The van der Waals surface area contributed by atoms with Gasteiger partial charge >= 0.3 is 0 Å². The Labute approximate surface area is 123 Å². The Morgan fingerprint density at radius 2 is 2.00 bits per heavy atom. The molecule has 0 aromatic carbocycles. The number of piperidine rings is 1. The smallest absolute Gasteiger partial charge is 0.237 e. The Morgan fingerprint density at radius 1 is 1.35 bits per heavy atom. The van der Waals surface area contributed by atoms with Crippen LogP contribution in [0, 0.1) is 5.92 Å². The fourth-order valence-corrected chi connectivity index (χ4v) is 4.04. The summed E-state index contributed by atoms with van der Waals surface area (Å²) >= 11 is 0. The highest BCUT2D eigenvalue weighted by Crippen LogP contribution is 2.35. The third-order valence-corrected chi connectivity index (χ3v) is 5.27. The first-order valence-electron chi connectivity index (χ1n) is 8.28. The van der Waals surface area contributed by atoms with E-state index in [2.05, 4.69) is 31.0 Å². The molecule has 1 saturated heterocycles. The van der Waals surface area contributed by atoms with E-state index in [1.165, 1.54) is 32.4 Å². The molecule has 0 bridgehead atoms. The molecule has 1 heterocycles. The third kappa shape index (κ3) is 3.34. The minimum absolute atomic E-state index is 0.169. The molecule has 116 valence electrons. The van der Waals surface area contributed by atoms with Gasteiger partial charge in [-0.05, 0) is 65.0 Å². The lowest BCUT2D eigenvalue weighted by Crippen LogP contribution is -2.57. The van der Waals surface area contributed by atoms with Crippen LogP contribution in [0.5, 0.6) is 0 Å². The maximum absolute atomic E-state index is 11.9. The Hall–Kier alpha value is -0.610. The number of likely N-dealkylation sites (tertiary alicyclic amines) is 1. The summed E-state index contributed by atoms with van der Waals surface area (Å²) in [4.78, 5) is 14.5. The molecule has 2 fully saturated rings. The lowest BCUT2D eigenvalue weighted by Gasteiger charge is -2.37. The van der Waals surface area contributed by atoms with Gasteiger partial charge in [0.25, 0.3) is 0 Å². The fourth-order valence-electron chi connectivity index (χ4n) is 4.04. The Balaban J connectivity index is 1.95. The van der Waals surface area contributed by atoms with E-state index in [-0.39, 0.29) is 5.91 Å². The lowest BCUT2D eigenvalue weighted by molar-refractivity contribution is -0.124. The minimum Gasteiger partial charge on any atom is -0.368 e. The van der Waals surface area contributed by atoms with Crippen LogP contribution in [0.1, 0.15) is 59.3 Å². The zero-order chi connectivity index (χ0) is 14.8. The van der Waals surface area contributed by atoms with Crippen LogP contribution in [-0.4, -0.2) is 41.5 Å². The van der Waals surface area contributed by atoms with E-state index in [1.54, 1.807) is 0 Å². The van der Waals surface area contributed by atoms with E-state index in [1.807, 2.05) is 0 Å². The van der Waals surface area contributed by atoms with E-state index in [0.29, 0.717) is 12.1 Å². The van der Waals surface area contributed by atoms with Crippen LogP contribution in [0.25, 0.3) is 0 Å². The highest BCUT2D eigenvalue weighted by molar-refractivity contribution is 5.85. The maximum atomic E-state index is 11.9. The molecule has 0 aromatic heterocycles. The SMILES string of the molecule is CCC1CCN(C2CCC(NC(C)C)(C(N)=O)C2)CC1. The molecule has 0 radical (unpaired) electrons. The second-order valence-electron chi connectivity index (χ2n) is 7.03. The molecular formula is C16H31N3O. The van der Waals surface area contributed by atoms with Gasteiger partial charge in [-0.25, -0.2) is 0 Å². The van der Waals surface area contributed by atoms with Crippen LogP contribution in [-0.2, 0) is 4.79 Å². The molecule has 2 unspecified atom stereocenters. The van der Waals surface area contributed by atoms with Crippen LogP contribution < -0.4 is 11.1 Å². The van der Waals surface area contributed by atoms with Gasteiger partial charge in [-0.1, -0.05) is 13.3 Å². The minimum atomic E-state index is -0.472. The first-order valence-corrected chi connectivity index (χ1v) is 8.28. The van der Waals surface area contributed by atoms with E-state index in [4.69, 9.17) is 5.73 Å². The molecular weight excluding hydrogens is 250 g/mol. The number of carbonyl (C=O) groups excluding carboxylic acids is 1. The van der Waals surface area contributed by atoms with Gasteiger partial charge in [0.2, 0.25) is 5.91 Å². The molecule has 20 heavy (non-hydrogen) atoms. The predicted octanol–water partition coefficient (Wildman–Crippen LogP) is 1.88. The van der Waals surface area contributed by atoms with Gasteiger partial charge in [-0.3, -0.25) is 4.79 Å². The molecule has 2 aliphatic rings. The monoisotopic (exact) mass is 281 g/mol. The van der Waals surface area contributed by atoms with Crippen LogP contribution in [0.2, 0.25) is 0 Å². The highest BCUT2D eigenvalue weighted by atomic mass is 16.1. The number of carbonyl (C=O) groups is 1. The molecule has 0 spiro atoms. The first-order chi connectivity index (χ1) is 9.47. The molecule has 1 saturated carbocycles. The molecule has 0 aromatic rings. The zero-order valence-electron chi connectivity index (χ0n) is 13.3. The van der Waals surface area contributed by atoms with E-state index in [9.17, 15) is 4.79 Å². The highest BCUT2D eigenvalue weighted by Gasteiger charge is 2.46. The second-order valence-corrected chi connectivity index (χ2v) is 7.03. The van der Waals surface area contributed by atoms with Gasteiger partial charge in [0, 0.05) is 12.1 Å². The van der Waals surface area contributed by atoms with Crippen LogP contribution in [0.15, 0.2) is 0 Å². The van der Waals surface area contributed by atoms with E-state index in [0.717, 1.165) is 25.2 Å². The average molecular weight is 281 g/mol. The van der Waals surface area contributed by atoms with Gasteiger partial charge in [0.05, 0.1) is 5.54 Å². The van der Waals surface area contributed by atoms with Crippen molar-refractivity contribution in [1.29, 1.82) is 0 Å². The first kappa shape index (κ1) is 15.8. The lowest BCUT2D eigenvalue weighted by atomic mass is 9.92. The summed E-state index contributed by atoms with van der Waals surface area (Å²) in [5.41, 5.74) is 5.22. The Bertz CT molecular complexity index is 337. The topological polar surface area (TPSA) is 58.4 Å². The van der Waals surface area contributed by atoms with Crippen molar-refractivity contribution < 1.29 is 4.79 Å². The van der Waals surface area contributed by atoms with Crippen molar-refractivity contribution in [3.63, 3.8) is 0 Å². The second kappa shape index (κ2) is 6.44. The Morgan fingerprint density at radius 3 is 2.50 bits per heavy atom. The molecule has 4 nitrogen and oxygen atoms in total. The largest absolute Gasteiger partial charge is 0.368 e. The summed E-state index contributed by atoms with van der Waals surface area (Å²) in [5.74, 6) is 0.736. The van der Waals surface area contributed by atoms with Crippen LogP contribution in [0.4, 0.5) is 0 Å². The van der Waals surface area contributed by atoms with E-state index < -0.39 is 5.54 Å². The predicted molar refractivity (Wildman–Crippen MR) is 82.4 cm³/mol. The van der Waals surface area contributed by atoms with Crippen molar-refractivity contribution in [1.82, 2.24) is 10.2 Å². The van der Waals surface area contributed by atoms with Crippen molar-refractivity contribution in [2.45, 2.75) is 76.9 Å².